The van der Waals surface area contributed by atoms with Crippen LogP contribution in [0.4, 0.5) is 4.79 Å². The van der Waals surface area contributed by atoms with Gasteiger partial charge in [-0.3, -0.25) is 9.59 Å². The summed E-state index contributed by atoms with van der Waals surface area (Å²) in [4.78, 5) is 36.1. The van der Waals surface area contributed by atoms with Crippen LogP contribution in [0.2, 0.25) is 0 Å². The highest BCUT2D eigenvalue weighted by atomic mass is 16.5. The molecule has 2 rings (SSSR count). The molecule has 1 heterocycles. The van der Waals surface area contributed by atoms with E-state index in [9.17, 15) is 14.4 Å². The lowest BCUT2D eigenvalue weighted by atomic mass is 9.81. The van der Waals surface area contributed by atoms with Crippen molar-refractivity contribution < 1.29 is 19.1 Å². The Labute approximate surface area is 184 Å². The van der Waals surface area contributed by atoms with Crippen molar-refractivity contribution >= 4 is 24.1 Å². The first-order chi connectivity index (χ1) is 15.0. The Kier molecular flexibility index (Phi) is 10.7. The SMILES string of the molecule is CCO[C@H]1CN[C@H](C(=O)N[C@H](/C=N\NC(=O)NCC2CCC(C(=O)NC)CC2)CC)C1. The van der Waals surface area contributed by atoms with Gasteiger partial charge in [-0.25, -0.2) is 10.2 Å². The van der Waals surface area contributed by atoms with E-state index in [0.717, 1.165) is 25.7 Å². The van der Waals surface area contributed by atoms with Crippen LogP contribution in [0.1, 0.15) is 52.4 Å². The highest BCUT2D eigenvalue weighted by Gasteiger charge is 2.30. The van der Waals surface area contributed by atoms with Crippen molar-refractivity contribution in [2.45, 2.75) is 70.6 Å². The predicted molar refractivity (Wildman–Crippen MR) is 119 cm³/mol. The molecule has 0 aromatic rings. The van der Waals surface area contributed by atoms with E-state index >= 15 is 0 Å². The molecule has 2 fully saturated rings. The zero-order chi connectivity index (χ0) is 22.6. The summed E-state index contributed by atoms with van der Waals surface area (Å²) in [6.07, 6.45) is 6.47. The van der Waals surface area contributed by atoms with Gasteiger partial charge in [0, 0.05) is 38.9 Å². The second kappa shape index (κ2) is 13.3. The maximum atomic E-state index is 12.4. The molecule has 0 spiro atoms. The standard InChI is InChI=1S/C21H38N6O4/c1-4-16(26-20(29)18-10-17(13-23-18)31-5-2)12-25-27-21(30)24-11-14-6-8-15(9-7-14)19(28)22-3/h12,14-18,23H,4-11,13H2,1-3H3,(H,22,28)(H,26,29)(H2,24,27,30)/b25-12-/t14?,15?,16-,17+,18-/m0/s1. The van der Waals surface area contributed by atoms with Crippen LogP contribution in [0.15, 0.2) is 5.10 Å². The largest absolute Gasteiger partial charge is 0.377 e. The van der Waals surface area contributed by atoms with Crippen molar-refractivity contribution in [3.8, 4) is 0 Å². The van der Waals surface area contributed by atoms with Gasteiger partial charge in [-0.05, 0) is 51.4 Å². The van der Waals surface area contributed by atoms with Gasteiger partial charge in [-0.2, -0.15) is 5.10 Å². The average molecular weight is 439 g/mol. The highest BCUT2D eigenvalue weighted by Crippen LogP contribution is 2.28. The number of urea groups is 1. The minimum Gasteiger partial charge on any atom is -0.377 e. The molecule has 1 aliphatic heterocycles. The maximum absolute atomic E-state index is 12.4. The molecule has 0 bridgehead atoms. The van der Waals surface area contributed by atoms with E-state index in [-0.39, 0.29) is 42.0 Å². The predicted octanol–water partition coefficient (Wildman–Crippen LogP) is 0.486. The van der Waals surface area contributed by atoms with Gasteiger partial charge in [-0.1, -0.05) is 6.92 Å². The van der Waals surface area contributed by atoms with Crippen LogP contribution >= 0.6 is 0 Å². The monoisotopic (exact) mass is 438 g/mol. The third kappa shape index (κ3) is 8.45. The number of hydrogen-bond acceptors (Lipinski definition) is 6. The zero-order valence-corrected chi connectivity index (χ0v) is 18.9. The molecule has 4 amide bonds. The number of nitrogens with one attached hydrogen (secondary N) is 5. The van der Waals surface area contributed by atoms with Gasteiger partial charge < -0.3 is 26.0 Å². The molecule has 10 nitrogen and oxygen atoms in total. The Morgan fingerprint density at radius 1 is 1.16 bits per heavy atom. The number of hydrogen-bond donors (Lipinski definition) is 5. The summed E-state index contributed by atoms with van der Waals surface area (Å²) in [5.41, 5.74) is 2.46. The molecule has 2 aliphatic rings. The minimum absolute atomic E-state index is 0.0682. The number of carbonyl (C=O) groups is 3. The molecule has 176 valence electrons. The lowest BCUT2D eigenvalue weighted by Crippen LogP contribution is -2.46. The molecule has 31 heavy (non-hydrogen) atoms. The van der Waals surface area contributed by atoms with Gasteiger partial charge in [0.05, 0.1) is 18.2 Å². The van der Waals surface area contributed by atoms with Crippen LogP contribution in [-0.4, -0.2) is 69.0 Å². The van der Waals surface area contributed by atoms with Crippen LogP contribution < -0.4 is 26.7 Å². The van der Waals surface area contributed by atoms with Crippen LogP contribution in [0.25, 0.3) is 0 Å². The molecule has 0 aromatic heterocycles. The number of rotatable bonds is 10. The lowest BCUT2D eigenvalue weighted by Gasteiger charge is -2.27. The number of carbonyl (C=O) groups excluding carboxylic acids is 3. The molecule has 1 aliphatic carbocycles. The summed E-state index contributed by atoms with van der Waals surface area (Å²) in [5.74, 6) is 0.481. The fourth-order valence-corrected chi connectivity index (χ4v) is 4.09. The molecular formula is C21H38N6O4. The average Bonchev–Trinajstić information content (AvgIpc) is 3.25. The van der Waals surface area contributed by atoms with Crippen molar-refractivity contribution in [2.24, 2.45) is 16.9 Å². The van der Waals surface area contributed by atoms with E-state index in [1.54, 1.807) is 13.3 Å². The highest BCUT2D eigenvalue weighted by molar-refractivity contribution is 5.85. The smallest absolute Gasteiger partial charge is 0.335 e. The topological polar surface area (TPSA) is 133 Å². The van der Waals surface area contributed by atoms with Gasteiger partial charge in [0.2, 0.25) is 11.8 Å². The van der Waals surface area contributed by atoms with Crippen LogP contribution in [0.3, 0.4) is 0 Å². The molecule has 1 saturated heterocycles. The van der Waals surface area contributed by atoms with E-state index in [4.69, 9.17) is 4.74 Å². The normalized spacial score (nSPS) is 26.9. The minimum atomic E-state index is -0.372. The van der Waals surface area contributed by atoms with Crippen LogP contribution in [-0.2, 0) is 14.3 Å². The van der Waals surface area contributed by atoms with Crippen molar-refractivity contribution in [2.75, 3.05) is 26.7 Å². The summed E-state index contributed by atoms with van der Waals surface area (Å²) in [5, 5.41) is 15.6. The molecule has 0 aromatic carbocycles. The van der Waals surface area contributed by atoms with Gasteiger partial charge in [0.15, 0.2) is 0 Å². The molecular weight excluding hydrogens is 400 g/mol. The summed E-state index contributed by atoms with van der Waals surface area (Å²) < 4.78 is 5.55. The van der Waals surface area contributed by atoms with E-state index < -0.39 is 0 Å². The fourth-order valence-electron chi connectivity index (χ4n) is 4.09. The number of amides is 4. The van der Waals surface area contributed by atoms with Gasteiger partial charge >= 0.3 is 6.03 Å². The Morgan fingerprint density at radius 2 is 1.90 bits per heavy atom. The lowest BCUT2D eigenvalue weighted by molar-refractivity contribution is -0.125. The van der Waals surface area contributed by atoms with Crippen LogP contribution in [0.5, 0.6) is 0 Å². The van der Waals surface area contributed by atoms with Crippen molar-refractivity contribution in [1.82, 2.24) is 26.7 Å². The van der Waals surface area contributed by atoms with Crippen LogP contribution in [0, 0.1) is 11.8 Å². The van der Waals surface area contributed by atoms with Crippen molar-refractivity contribution in [3.63, 3.8) is 0 Å². The first-order valence-electron chi connectivity index (χ1n) is 11.4. The third-order valence-electron chi connectivity index (χ3n) is 6.01. The van der Waals surface area contributed by atoms with E-state index in [2.05, 4.69) is 31.8 Å². The number of nitrogens with zero attached hydrogens (tertiary/aromatic N) is 1. The third-order valence-corrected chi connectivity index (χ3v) is 6.01. The second-order valence-corrected chi connectivity index (χ2v) is 8.23. The van der Waals surface area contributed by atoms with Gasteiger partial charge in [0.25, 0.3) is 0 Å². The quantitative estimate of drug-likeness (QED) is 0.250. The number of hydrazone groups is 1. The Hall–Kier alpha value is -2.20. The van der Waals surface area contributed by atoms with Crippen molar-refractivity contribution in [1.29, 1.82) is 0 Å². The zero-order valence-electron chi connectivity index (χ0n) is 18.9. The molecule has 0 unspecified atom stereocenters. The van der Waals surface area contributed by atoms with Gasteiger partial charge in [0.1, 0.15) is 0 Å². The number of ether oxygens (including phenoxy) is 1. The summed E-state index contributed by atoms with van der Waals surface area (Å²) in [7, 11) is 1.67. The van der Waals surface area contributed by atoms with Crippen molar-refractivity contribution in [3.05, 3.63) is 0 Å². The fraction of sp³-hybridized carbons (Fsp3) is 0.810. The Morgan fingerprint density at radius 3 is 2.55 bits per heavy atom. The first-order valence-corrected chi connectivity index (χ1v) is 11.4. The molecule has 10 heteroatoms. The summed E-state index contributed by atoms with van der Waals surface area (Å²) in [6, 6.07) is -0.905. The van der Waals surface area contributed by atoms with Gasteiger partial charge in [-0.15, -0.1) is 0 Å². The maximum Gasteiger partial charge on any atom is 0.335 e. The first kappa shape index (κ1) is 25.1. The Balaban J connectivity index is 1.64. The second-order valence-electron chi connectivity index (χ2n) is 8.23. The summed E-state index contributed by atoms with van der Waals surface area (Å²) in [6.45, 7) is 5.75. The van der Waals surface area contributed by atoms with E-state index in [1.165, 1.54) is 0 Å². The molecule has 3 atom stereocenters. The summed E-state index contributed by atoms with van der Waals surface area (Å²) >= 11 is 0. The van der Waals surface area contributed by atoms with E-state index in [0.29, 0.717) is 38.5 Å². The molecule has 0 radical (unpaired) electrons. The van der Waals surface area contributed by atoms with E-state index in [1.807, 2.05) is 13.8 Å². The molecule has 1 saturated carbocycles. The Bertz CT molecular complexity index is 621. The molecule has 5 N–H and O–H groups in total.